The van der Waals surface area contributed by atoms with Gasteiger partial charge in [-0.05, 0) is 24.6 Å². The first-order valence-electron chi connectivity index (χ1n) is 7.22. The molecule has 1 atom stereocenters. The van der Waals surface area contributed by atoms with Crippen molar-refractivity contribution in [2.75, 3.05) is 0 Å². The van der Waals surface area contributed by atoms with Crippen molar-refractivity contribution in [1.82, 2.24) is 10.5 Å². The third-order valence-electron chi connectivity index (χ3n) is 3.53. The lowest BCUT2D eigenvalue weighted by Crippen LogP contribution is -2.26. The Bertz CT molecular complexity index is 815. The number of rotatable bonds is 4. The minimum atomic E-state index is -0.289. The molecular formula is C18H15ClN2O2. The monoisotopic (exact) mass is 326 g/mol. The highest BCUT2D eigenvalue weighted by Gasteiger charge is 2.17. The van der Waals surface area contributed by atoms with Gasteiger partial charge in [-0.25, -0.2) is 0 Å². The van der Waals surface area contributed by atoms with E-state index >= 15 is 0 Å². The Labute approximate surface area is 139 Å². The zero-order chi connectivity index (χ0) is 16.2. The maximum absolute atomic E-state index is 12.3. The van der Waals surface area contributed by atoms with Crippen molar-refractivity contribution in [1.29, 1.82) is 0 Å². The summed E-state index contributed by atoms with van der Waals surface area (Å²) in [4.78, 5) is 12.3. The third-order valence-corrected chi connectivity index (χ3v) is 3.86. The minimum Gasteiger partial charge on any atom is -0.355 e. The van der Waals surface area contributed by atoms with Gasteiger partial charge in [0.05, 0.1) is 11.1 Å². The van der Waals surface area contributed by atoms with Crippen LogP contribution in [0.2, 0.25) is 5.02 Å². The zero-order valence-electron chi connectivity index (χ0n) is 12.5. The molecule has 0 aliphatic carbocycles. The maximum Gasteiger partial charge on any atom is 0.273 e. The van der Waals surface area contributed by atoms with Gasteiger partial charge in [-0.1, -0.05) is 59.2 Å². The van der Waals surface area contributed by atoms with Crippen molar-refractivity contribution < 1.29 is 9.32 Å². The number of benzene rings is 2. The van der Waals surface area contributed by atoms with Crippen LogP contribution in [0.5, 0.6) is 0 Å². The van der Waals surface area contributed by atoms with Crippen LogP contribution in [0.3, 0.4) is 0 Å². The molecule has 0 aliphatic heterocycles. The van der Waals surface area contributed by atoms with Gasteiger partial charge in [0, 0.05) is 11.6 Å². The molecule has 2 aromatic carbocycles. The quantitative estimate of drug-likeness (QED) is 0.768. The van der Waals surface area contributed by atoms with Gasteiger partial charge in [-0.2, -0.15) is 0 Å². The van der Waals surface area contributed by atoms with Gasteiger partial charge in [0.2, 0.25) is 0 Å². The number of amides is 1. The van der Waals surface area contributed by atoms with Gasteiger partial charge >= 0.3 is 0 Å². The molecule has 1 heterocycles. The van der Waals surface area contributed by atoms with Crippen molar-refractivity contribution >= 4 is 17.5 Å². The molecule has 3 rings (SSSR count). The lowest BCUT2D eigenvalue weighted by atomic mass is 10.1. The Hall–Kier alpha value is -2.59. The highest BCUT2D eigenvalue weighted by Crippen LogP contribution is 2.28. The van der Waals surface area contributed by atoms with Gasteiger partial charge in [0.1, 0.15) is 0 Å². The van der Waals surface area contributed by atoms with Crippen LogP contribution in [0.15, 0.2) is 65.2 Å². The van der Waals surface area contributed by atoms with Gasteiger partial charge in [0.15, 0.2) is 11.5 Å². The predicted molar refractivity (Wildman–Crippen MR) is 89.3 cm³/mol. The Kier molecular flexibility index (Phi) is 4.44. The lowest BCUT2D eigenvalue weighted by molar-refractivity contribution is 0.0931. The summed E-state index contributed by atoms with van der Waals surface area (Å²) < 4.78 is 5.24. The van der Waals surface area contributed by atoms with Crippen LogP contribution in [0.4, 0.5) is 0 Å². The molecule has 1 amide bonds. The molecule has 0 aliphatic rings. The average molecular weight is 327 g/mol. The fourth-order valence-electron chi connectivity index (χ4n) is 2.27. The summed E-state index contributed by atoms with van der Waals surface area (Å²) in [7, 11) is 0. The summed E-state index contributed by atoms with van der Waals surface area (Å²) in [6.07, 6.45) is 0. The van der Waals surface area contributed by atoms with Crippen LogP contribution in [0, 0.1) is 0 Å². The van der Waals surface area contributed by atoms with Crippen LogP contribution >= 0.6 is 11.6 Å². The molecule has 5 heteroatoms. The van der Waals surface area contributed by atoms with Crippen LogP contribution in [-0.2, 0) is 0 Å². The van der Waals surface area contributed by atoms with E-state index in [1.165, 1.54) is 0 Å². The summed E-state index contributed by atoms with van der Waals surface area (Å²) >= 11 is 6.12. The van der Waals surface area contributed by atoms with E-state index in [0.717, 1.165) is 5.56 Å². The second-order valence-corrected chi connectivity index (χ2v) is 5.57. The number of aromatic nitrogens is 1. The van der Waals surface area contributed by atoms with Gasteiger partial charge < -0.3 is 9.84 Å². The Balaban J connectivity index is 1.75. The van der Waals surface area contributed by atoms with E-state index in [1.54, 1.807) is 12.1 Å². The SMILES string of the molecule is C[C@H](NC(=O)c1cc(-c2ccccc2Cl)on1)c1ccccc1. The van der Waals surface area contributed by atoms with E-state index in [4.69, 9.17) is 16.1 Å². The van der Waals surface area contributed by atoms with Crippen molar-refractivity contribution in [3.05, 3.63) is 76.9 Å². The number of carbonyl (C=O) groups excluding carboxylic acids is 1. The van der Waals surface area contributed by atoms with Gasteiger partial charge in [-0.3, -0.25) is 4.79 Å². The first kappa shape index (κ1) is 15.3. The van der Waals surface area contributed by atoms with Crippen molar-refractivity contribution in [3.8, 4) is 11.3 Å². The average Bonchev–Trinajstić information content (AvgIpc) is 3.06. The van der Waals surface area contributed by atoms with Gasteiger partial charge in [0.25, 0.3) is 5.91 Å². The van der Waals surface area contributed by atoms with Crippen molar-refractivity contribution in [2.45, 2.75) is 13.0 Å². The van der Waals surface area contributed by atoms with E-state index in [2.05, 4.69) is 10.5 Å². The largest absolute Gasteiger partial charge is 0.355 e. The number of nitrogens with zero attached hydrogens (tertiary/aromatic N) is 1. The lowest BCUT2D eigenvalue weighted by Gasteiger charge is -2.12. The molecule has 1 N–H and O–H groups in total. The summed E-state index contributed by atoms with van der Waals surface area (Å²) in [5, 5.41) is 7.28. The van der Waals surface area contributed by atoms with Crippen LogP contribution in [0.1, 0.15) is 29.0 Å². The molecule has 0 saturated heterocycles. The van der Waals surface area contributed by atoms with Crippen molar-refractivity contribution in [2.24, 2.45) is 0 Å². The van der Waals surface area contributed by atoms with E-state index in [9.17, 15) is 4.79 Å². The number of halogens is 1. The summed E-state index contributed by atoms with van der Waals surface area (Å²) in [6.45, 7) is 1.92. The summed E-state index contributed by atoms with van der Waals surface area (Å²) in [5.41, 5.74) is 1.95. The standard InChI is InChI=1S/C18H15ClN2O2/c1-12(13-7-3-2-4-8-13)20-18(22)16-11-17(23-21-16)14-9-5-6-10-15(14)19/h2-12H,1H3,(H,20,22)/t12-/m0/s1. The molecule has 0 fully saturated rings. The molecule has 0 unspecified atom stereocenters. The predicted octanol–water partition coefficient (Wildman–Crippen LogP) is 4.49. The second kappa shape index (κ2) is 6.67. The molecule has 23 heavy (non-hydrogen) atoms. The minimum absolute atomic E-state index is 0.121. The highest BCUT2D eigenvalue weighted by atomic mass is 35.5. The number of hydrogen-bond donors (Lipinski definition) is 1. The van der Waals surface area contributed by atoms with Crippen LogP contribution in [-0.4, -0.2) is 11.1 Å². The van der Waals surface area contributed by atoms with Crippen LogP contribution in [0.25, 0.3) is 11.3 Å². The maximum atomic E-state index is 12.3. The van der Waals surface area contributed by atoms with E-state index < -0.39 is 0 Å². The zero-order valence-corrected chi connectivity index (χ0v) is 13.2. The highest BCUT2D eigenvalue weighted by molar-refractivity contribution is 6.33. The molecular weight excluding hydrogens is 312 g/mol. The molecule has 0 radical (unpaired) electrons. The first-order valence-corrected chi connectivity index (χ1v) is 7.60. The Morgan fingerprint density at radius 3 is 2.57 bits per heavy atom. The van der Waals surface area contributed by atoms with Gasteiger partial charge in [-0.15, -0.1) is 0 Å². The molecule has 1 aromatic heterocycles. The van der Waals surface area contributed by atoms with E-state index in [0.29, 0.717) is 16.3 Å². The van der Waals surface area contributed by atoms with Crippen molar-refractivity contribution in [3.63, 3.8) is 0 Å². The molecule has 116 valence electrons. The van der Waals surface area contributed by atoms with E-state index in [-0.39, 0.29) is 17.6 Å². The Morgan fingerprint density at radius 1 is 1.13 bits per heavy atom. The number of hydrogen-bond acceptors (Lipinski definition) is 3. The number of carbonyl (C=O) groups is 1. The fourth-order valence-corrected chi connectivity index (χ4v) is 2.49. The third kappa shape index (κ3) is 3.43. The second-order valence-electron chi connectivity index (χ2n) is 5.16. The fraction of sp³-hybridized carbons (Fsp3) is 0.111. The first-order chi connectivity index (χ1) is 11.1. The summed E-state index contributed by atoms with van der Waals surface area (Å²) in [5.74, 6) is 0.177. The molecule has 4 nitrogen and oxygen atoms in total. The molecule has 0 bridgehead atoms. The molecule has 0 spiro atoms. The smallest absolute Gasteiger partial charge is 0.273 e. The Morgan fingerprint density at radius 2 is 1.83 bits per heavy atom. The number of nitrogens with one attached hydrogen (secondary N) is 1. The van der Waals surface area contributed by atoms with E-state index in [1.807, 2.05) is 55.5 Å². The molecule has 3 aromatic rings. The van der Waals surface area contributed by atoms with Crippen LogP contribution < -0.4 is 5.32 Å². The summed E-state index contributed by atoms with van der Waals surface area (Å²) in [6, 6.07) is 18.5. The molecule has 0 saturated carbocycles. The normalized spacial score (nSPS) is 11.9. The topological polar surface area (TPSA) is 55.1 Å².